The Kier molecular flexibility index (Phi) is 3.57. The van der Waals surface area contributed by atoms with E-state index in [1.807, 2.05) is 32.3 Å². The summed E-state index contributed by atoms with van der Waals surface area (Å²) in [6, 6.07) is 16.5. The maximum absolute atomic E-state index is 12.9. The molecule has 1 aliphatic carbocycles. The second kappa shape index (κ2) is 5.98. The number of Topliss-reactive ketones (excluding diaryl/α,β-unsaturated/α-hetero) is 1. The summed E-state index contributed by atoms with van der Waals surface area (Å²) in [4.78, 5) is 19.8. The lowest BCUT2D eigenvalue weighted by atomic mass is 9.85. The molecule has 136 valence electrons. The summed E-state index contributed by atoms with van der Waals surface area (Å²) in [5.41, 5.74) is 6.20. The Hall–Kier alpha value is -3.08. The van der Waals surface area contributed by atoms with E-state index in [-0.39, 0.29) is 11.8 Å². The average Bonchev–Trinajstić information content (AvgIpc) is 3.05. The Morgan fingerprint density at radius 1 is 1.07 bits per heavy atom. The maximum atomic E-state index is 12.9. The fourth-order valence-corrected chi connectivity index (χ4v) is 4.24. The summed E-state index contributed by atoms with van der Waals surface area (Å²) >= 11 is 0. The molecule has 0 saturated heterocycles. The highest BCUT2D eigenvalue weighted by molar-refractivity contribution is 6.00. The SMILES string of the molecule is CN(C)c1ccc(C2C3=C(CCCC3=O)Nc3nc4ccccc4n32)cc1. The molecule has 0 radical (unpaired) electrons. The van der Waals surface area contributed by atoms with E-state index in [0.717, 1.165) is 52.3 Å². The number of anilines is 2. The zero-order valence-corrected chi connectivity index (χ0v) is 15.6. The number of ketones is 1. The van der Waals surface area contributed by atoms with Gasteiger partial charge in [-0.15, -0.1) is 0 Å². The first-order valence-electron chi connectivity index (χ1n) is 9.41. The fraction of sp³-hybridized carbons (Fsp3) is 0.273. The first-order chi connectivity index (χ1) is 13.1. The lowest BCUT2D eigenvalue weighted by Crippen LogP contribution is -2.30. The molecular weight excluding hydrogens is 336 g/mol. The first kappa shape index (κ1) is 16.1. The van der Waals surface area contributed by atoms with Crippen LogP contribution in [0.5, 0.6) is 0 Å². The molecule has 5 rings (SSSR count). The Morgan fingerprint density at radius 2 is 1.85 bits per heavy atom. The molecule has 5 heteroatoms. The van der Waals surface area contributed by atoms with E-state index in [2.05, 4.69) is 45.1 Å². The number of nitrogens with one attached hydrogen (secondary N) is 1. The Labute approximate surface area is 158 Å². The number of rotatable bonds is 2. The standard InChI is InChI=1S/C22H22N4O/c1-25(2)15-12-10-14(11-13-15)21-20-17(7-5-9-19(20)27)24-22-23-16-6-3-4-8-18(16)26(21)22/h3-4,6,8,10-13,21H,5,7,9H2,1-2H3,(H,23,24). The van der Waals surface area contributed by atoms with Crippen molar-refractivity contribution in [3.63, 3.8) is 0 Å². The zero-order chi connectivity index (χ0) is 18.5. The van der Waals surface area contributed by atoms with Crippen LogP contribution in [-0.4, -0.2) is 29.4 Å². The van der Waals surface area contributed by atoms with Crippen molar-refractivity contribution in [3.8, 4) is 0 Å². The third-order valence-corrected chi connectivity index (χ3v) is 5.57. The van der Waals surface area contributed by atoms with Crippen molar-refractivity contribution < 1.29 is 4.79 Å². The number of benzene rings is 2. The molecule has 1 atom stereocenters. The molecule has 0 saturated carbocycles. The first-order valence-corrected chi connectivity index (χ1v) is 9.41. The van der Waals surface area contributed by atoms with Gasteiger partial charge in [0.15, 0.2) is 5.78 Å². The lowest BCUT2D eigenvalue weighted by molar-refractivity contribution is -0.116. The topological polar surface area (TPSA) is 50.2 Å². The fourth-order valence-electron chi connectivity index (χ4n) is 4.24. The van der Waals surface area contributed by atoms with E-state index in [1.165, 1.54) is 0 Å². The molecule has 2 aromatic carbocycles. The number of hydrogen-bond donors (Lipinski definition) is 1. The van der Waals surface area contributed by atoms with Crippen molar-refractivity contribution in [2.75, 3.05) is 24.3 Å². The Bertz CT molecular complexity index is 1080. The van der Waals surface area contributed by atoms with Crippen LogP contribution in [0.15, 0.2) is 59.8 Å². The highest BCUT2D eigenvalue weighted by Gasteiger charge is 2.36. The number of aromatic nitrogens is 2. The van der Waals surface area contributed by atoms with Crippen molar-refractivity contribution in [1.29, 1.82) is 0 Å². The molecule has 27 heavy (non-hydrogen) atoms. The Morgan fingerprint density at radius 3 is 2.63 bits per heavy atom. The number of imidazole rings is 1. The van der Waals surface area contributed by atoms with E-state index in [4.69, 9.17) is 4.98 Å². The van der Waals surface area contributed by atoms with E-state index in [1.54, 1.807) is 0 Å². The van der Waals surface area contributed by atoms with Crippen molar-refractivity contribution >= 4 is 28.5 Å². The highest BCUT2D eigenvalue weighted by atomic mass is 16.1. The van der Waals surface area contributed by atoms with Crippen molar-refractivity contribution in [2.24, 2.45) is 0 Å². The second-order valence-corrected chi connectivity index (χ2v) is 7.48. The van der Waals surface area contributed by atoms with Gasteiger partial charge in [0.2, 0.25) is 5.95 Å². The number of nitrogens with zero attached hydrogens (tertiary/aromatic N) is 3. The average molecular weight is 358 g/mol. The van der Waals surface area contributed by atoms with Crippen LogP contribution < -0.4 is 10.2 Å². The van der Waals surface area contributed by atoms with E-state index in [0.29, 0.717) is 6.42 Å². The van der Waals surface area contributed by atoms with Gasteiger partial charge in [0.1, 0.15) is 0 Å². The summed E-state index contributed by atoms with van der Waals surface area (Å²) in [5, 5.41) is 3.45. The minimum Gasteiger partial charge on any atom is -0.378 e. The van der Waals surface area contributed by atoms with Gasteiger partial charge >= 0.3 is 0 Å². The van der Waals surface area contributed by atoms with E-state index < -0.39 is 0 Å². The third-order valence-electron chi connectivity index (χ3n) is 5.57. The van der Waals surface area contributed by atoms with Crippen molar-refractivity contribution in [2.45, 2.75) is 25.3 Å². The molecule has 3 aromatic rings. The largest absolute Gasteiger partial charge is 0.378 e. The van der Waals surface area contributed by atoms with Gasteiger partial charge < -0.3 is 10.2 Å². The predicted molar refractivity (Wildman–Crippen MR) is 108 cm³/mol. The van der Waals surface area contributed by atoms with Crippen LogP contribution in [0.4, 0.5) is 11.6 Å². The van der Waals surface area contributed by atoms with Gasteiger partial charge in [-0.25, -0.2) is 4.98 Å². The smallest absolute Gasteiger partial charge is 0.209 e. The minimum absolute atomic E-state index is 0.132. The number of fused-ring (bicyclic) bond motifs is 3. The second-order valence-electron chi connectivity index (χ2n) is 7.48. The molecule has 0 amide bonds. The highest BCUT2D eigenvalue weighted by Crippen LogP contribution is 2.42. The van der Waals surface area contributed by atoms with Crippen LogP contribution in [-0.2, 0) is 4.79 Å². The van der Waals surface area contributed by atoms with Crippen LogP contribution in [0.2, 0.25) is 0 Å². The monoisotopic (exact) mass is 358 g/mol. The van der Waals surface area contributed by atoms with Gasteiger partial charge in [0, 0.05) is 37.5 Å². The molecule has 1 unspecified atom stereocenters. The zero-order valence-electron chi connectivity index (χ0n) is 15.6. The number of carbonyl (C=O) groups is 1. The van der Waals surface area contributed by atoms with Gasteiger partial charge in [0.25, 0.3) is 0 Å². The molecule has 2 aliphatic rings. The summed E-state index contributed by atoms with van der Waals surface area (Å²) < 4.78 is 2.18. The number of allylic oxidation sites excluding steroid dienone is 2. The molecule has 5 nitrogen and oxygen atoms in total. The molecule has 0 bridgehead atoms. The maximum Gasteiger partial charge on any atom is 0.209 e. The summed E-state index contributed by atoms with van der Waals surface area (Å²) in [5.74, 6) is 1.07. The number of para-hydroxylation sites is 2. The van der Waals surface area contributed by atoms with Gasteiger partial charge in [-0.1, -0.05) is 24.3 Å². The van der Waals surface area contributed by atoms with Crippen LogP contribution in [0.3, 0.4) is 0 Å². The van der Waals surface area contributed by atoms with Crippen LogP contribution in [0.25, 0.3) is 11.0 Å². The van der Waals surface area contributed by atoms with Gasteiger partial charge in [-0.05, 0) is 42.7 Å². The molecule has 1 N–H and O–H groups in total. The van der Waals surface area contributed by atoms with E-state index >= 15 is 0 Å². The van der Waals surface area contributed by atoms with Crippen molar-refractivity contribution in [1.82, 2.24) is 9.55 Å². The summed E-state index contributed by atoms with van der Waals surface area (Å²) in [6.07, 6.45) is 2.42. The van der Waals surface area contributed by atoms with Gasteiger partial charge in [0.05, 0.1) is 17.1 Å². The molecule has 2 heterocycles. The quantitative estimate of drug-likeness (QED) is 0.748. The molecular formula is C22H22N4O. The normalized spacial score (nSPS) is 18.9. The number of carbonyl (C=O) groups excluding carboxylic acids is 1. The molecule has 1 aliphatic heterocycles. The number of hydrogen-bond acceptors (Lipinski definition) is 4. The van der Waals surface area contributed by atoms with Crippen LogP contribution in [0, 0.1) is 0 Å². The minimum atomic E-state index is -0.132. The van der Waals surface area contributed by atoms with Crippen molar-refractivity contribution in [3.05, 3.63) is 65.4 Å². The van der Waals surface area contributed by atoms with Gasteiger partial charge in [-0.3, -0.25) is 9.36 Å². The van der Waals surface area contributed by atoms with Crippen LogP contribution in [0.1, 0.15) is 30.9 Å². The van der Waals surface area contributed by atoms with E-state index in [9.17, 15) is 4.79 Å². The molecule has 0 spiro atoms. The van der Waals surface area contributed by atoms with Gasteiger partial charge in [-0.2, -0.15) is 0 Å². The molecule has 0 fully saturated rings. The third kappa shape index (κ3) is 2.46. The predicted octanol–water partition coefficient (Wildman–Crippen LogP) is 4.12. The van der Waals surface area contributed by atoms with Crippen LogP contribution >= 0.6 is 0 Å². The summed E-state index contributed by atoms with van der Waals surface area (Å²) in [6.45, 7) is 0. The summed E-state index contributed by atoms with van der Waals surface area (Å²) in [7, 11) is 4.07. The molecule has 1 aromatic heterocycles. The Balaban J connectivity index is 1.75. The lowest BCUT2D eigenvalue weighted by Gasteiger charge is -2.34.